The molecule has 3 N–H and O–H groups in total. The number of benzene rings is 2. The van der Waals surface area contributed by atoms with Crippen LogP contribution in [0.3, 0.4) is 0 Å². The lowest BCUT2D eigenvalue weighted by atomic mass is 10.1. The summed E-state index contributed by atoms with van der Waals surface area (Å²) >= 11 is 2.07. The van der Waals surface area contributed by atoms with Crippen LogP contribution >= 0.6 is 22.6 Å². The van der Waals surface area contributed by atoms with Crippen LogP contribution in [0, 0.1) is 13.7 Å². The number of nitrogens with two attached hydrogens (primary N) is 1. The van der Waals surface area contributed by atoms with Gasteiger partial charge in [0.25, 0.3) is 5.69 Å². The number of non-ortho nitro benzene ring substituents is 1. The first-order valence-corrected chi connectivity index (χ1v) is 7.14. The number of nitrogens with one attached hydrogen (secondary N) is 1. The van der Waals surface area contributed by atoms with Gasteiger partial charge in [0, 0.05) is 34.0 Å². The Morgan fingerprint density at radius 2 is 1.95 bits per heavy atom. The predicted molar refractivity (Wildman–Crippen MR) is 87.7 cm³/mol. The van der Waals surface area contributed by atoms with Crippen molar-refractivity contribution in [3.05, 3.63) is 67.8 Å². The van der Waals surface area contributed by atoms with Crippen LogP contribution in [0.15, 0.2) is 48.5 Å². The summed E-state index contributed by atoms with van der Waals surface area (Å²) in [6.45, 7) is 0.567. The van der Waals surface area contributed by atoms with Crippen molar-refractivity contribution < 1.29 is 4.92 Å². The largest absolute Gasteiger partial charge is 0.382 e. The maximum Gasteiger partial charge on any atom is 0.270 e. The Morgan fingerprint density at radius 3 is 2.55 bits per heavy atom. The van der Waals surface area contributed by atoms with E-state index in [2.05, 4.69) is 27.9 Å². The van der Waals surface area contributed by atoms with Crippen LogP contribution in [0.25, 0.3) is 0 Å². The van der Waals surface area contributed by atoms with Gasteiger partial charge in [0.2, 0.25) is 0 Å². The molecule has 0 bridgehead atoms. The van der Waals surface area contributed by atoms with Gasteiger partial charge in [-0.1, -0.05) is 30.3 Å². The molecule has 1 atom stereocenters. The summed E-state index contributed by atoms with van der Waals surface area (Å²) in [6, 6.07) is 14.4. The van der Waals surface area contributed by atoms with Gasteiger partial charge in [-0.3, -0.25) is 10.1 Å². The highest BCUT2D eigenvalue weighted by molar-refractivity contribution is 14.1. The Bertz CT molecular complexity index is 605. The molecule has 0 saturated carbocycles. The molecule has 20 heavy (non-hydrogen) atoms. The lowest BCUT2D eigenvalue weighted by Crippen LogP contribution is -2.20. The fourth-order valence-corrected chi connectivity index (χ4v) is 2.49. The molecule has 0 spiro atoms. The minimum atomic E-state index is -0.401. The Labute approximate surface area is 130 Å². The quantitative estimate of drug-likeness (QED) is 0.472. The summed E-state index contributed by atoms with van der Waals surface area (Å²) in [5, 5.41) is 13.9. The Kier molecular flexibility index (Phi) is 4.91. The zero-order chi connectivity index (χ0) is 14.5. The molecule has 0 fully saturated rings. The van der Waals surface area contributed by atoms with E-state index in [1.54, 1.807) is 6.07 Å². The SMILES string of the molecule is NC(CNc1ccc([N+](=O)[O-])cc1I)c1ccccc1. The minimum Gasteiger partial charge on any atom is -0.382 e. The zero-order valence-corrected chi connectivity index (χ0v) is 12.8. The number of nitro groups is 1. The smallest absolute Gasteiger partial charge is 0.270 e. The Morgan fingerprint density at radius 1 is 1.25 bits per heavy atom. The molecule has 6 heteroatoms. The average molecular weight is 383 g/mol. The average Bonchev–Trinajstić information content (AvgIpc) is 2.46. The number of hydrogen-bond acceptors (Lipinski definition) is 4. The highest BCUT2D eigenvalue weighted by Gasteiger charge is 2.10. The molecular weight excluding hydrogens is 369 g/mol. The van der Waals surface area contributed by atoms with Crippen molar-refractivity contribution in [2.45, 2.75) is 6.04 Å². The molecule has 0 aliphatic heterocycles. The Hall–Kier alpha value is -1.67. The summed E-state index contributed by atoms with van der Waals surface area (Å²) in [7, 11) is 0. The summed E-state index contributed by atoms with van der Waals surface area (Å²) in [5.41, 5.74) is 8.09. The molecule has 0 aromatic heterocycles. The molecule has 5 nitrogen and oxygen atoms in total. The second-order valence-corrected chi connectivity index (χ2v) is 5.48. The first-order chi connectivity index (χ1) is 9.58. The van der Waals surface area contributed by atoms with E-state index in [9.17, 15) is 10.1 Å². The summed E-state index contributed by atoms with van der Waals surface area (Å²) in [6.07, 6.45) is 0. The van der Waals surface area contributed by atoms with Crippen LogP contribution < -0.4 is 11.1 Å². The second kappa shape index (κ2) is 6.67. The van der Waals surface area contributed by atoms with Crippen molar-refractivity contribution in [3.8, 4) is 0 Å². The van der Waals surface area contributed by atoms with Gasteiger partial charge in [0.15, 0.2) is 0 Å². The normalized spacial score (nSPS) is 11.9. The summed E-state index contributed by atoms with van der Waals surface area (Å²) < 4.78 is 0.803. The van der Waals surface area contributed by atoms with Crippen LogP contribution in [0.4, 0.5) is 11.4 Å². The van der Waals surface area contributed by atoms with Crippen molar-refractivity contribution in [3.63, 3.8) is 0 Å². The van der Waals surface area contributed by atoms with Crippen molar-refractivity contribution in [1.82, 2.24) is 0 Å². The lowest BCUT2D eigenvalue weighted by Gasteiger charge is -2.15. The molecule has 0 radical (unpaired) electrons. The molecule has 2 rings (SSSR count). The van der Waals surface area contributed by atoms with E-state index in [0.717, 1.165) is 14.8 Å². The molecule has 0 saturated heterocycles. The van der Waals surface area contributed by atoms with E-state index in [4.69, 9.17) is 5.73 Å². The first kappa shape index (κ1) is 14.7. The minimum absolute atomic E-state index is 0.0901. The van der Waals surface area contributed by atoms with Crippen LogP contribution in [0.2, 0.25) is 0 Å². The van der Waals surface area contributed by atoms with Gasteiger partial charge in [0.05, 0.1) is 4.92 Å². The number of nitrogens with zero attached hydrogens (tertiary/aromatic N) is 1. The van der Waals surface area contributed by atoms with Crippen LogP contribution in [0.5, 0.6) is 0 Å². The monoisotopic (exact) mass is 383 g/mol. The van der Waals surface area contributed by atoms with Crippen LogP contribution in [-0.2, 0) is 0 Å². The van der Waals surface area contributed by atoms with Crippen molar-refractivity contribution in [1.29, 1.82) is 0 Å². The van der Waals surface area contributed by atoms with Gasteiger partial charge >= 0.3 is 0 Å². The molecule has 1 unspecified atom stereocenters. The van der Waals surface area contributed by atoms with E-state index in [1.807, 2.05) is 30.3 Å². The zero-order valence-electron chi connectivity index (χ0n) is 10.6. The molecule has 104 valence electrons. The highest BCUT2D eigenvalue weighted by Crippen LogP contribution is 2.24. The van der Waals surface area contributed by atoms with Crippen molar-refractivity contribution >= 4 is 34.0 Å². The van der Waals surface area contributed by atoms with Gasteiger partial charge in [-0.25, -0.2) is 0 Å². The Balaban J connectivity index is 2.02. The first-order valence-electron chi connectivity index (χ1n) is 6.06. The predicted octanol–water partition coefficient (Wildman–Crippen LogP) is 3.31. The number of nitro benzene ring substituents is 1. The van der Waals surface area contributed by atoms with E-state index >= 15 is 0 Å². The molecular formula is C14H14IN3O2. The third-order valence-electron chi connectivity index (χ3n) is 2.90. The summed E-state index contributed by atoms with van der Waals surface area (Å²) in [5.74, 6) is 0. The van der Waals surface area contributed by atoms with Gasteiger partial charge in [0.1, 0.15) is 0 Å². The fourth-order valence-electron chi connectivity index (χ4n) is 1.80. The standard InChI is InChI=1S/C14H14IN3O2/c15-12-8-11(18(19)20)6-7-14(12)17-9-13(16)10-4-2-1-3-5-10/h1-8,13,17H,9,16H2. The van der Waals surface area contributed by atoms with E-state index in [-0.39, 0.29) is 11.7 Å². The number of halogens is 1. The molecule has 0 heterocycles. The lowest BCUT2D eigenvalue weighted by molar-refractivity contribution is -0.384. The van der Waals surface area contributed by atoms with Gasteiger partial charge in [-0.2, -0.15) is 0 Å². The topological polar surface area (TPSA) is 81.2 Å². The maximum absolute atomic E-state index is 10.7. The third-order valence-corrected chi connectivity index (χ3v) is 3.80. The van der Waals surface area contributed by atoms with E-state index < -0.39 is 4.92 Å². The van der Waals surface area contributed by atoms with Crippen molar-refractivity contribution in [2.75, 3.05) is 11.9 Å². The van der Waals surface area contributed by atoms with E-state index in [1.165, 1.54) is 12.1 Å². The van der Waals surface area contributed by atoms with Gasteiger partial charge in [-0.05, 0) is 34.2 Å². The van der Waals surface area contributed by atoms with Crippen LogP contribution in [-0.4, -0.2) is 11.5 Å². The van der Waals surface area contributed by atoms with Gasteiger partial charge in [-0.15, -0.1) is 0 Å². The molecule has 0 aliphatic rings. The number of rotatable bonds is 5. The van der Waals surface area contributed by atoms with Gasteiger partial charge < -0.3 is 11.1 Å². The molecule has 2 aromatic carbocycles. The number of anilines is 1. The third kappa shape index (κ3) is 3.67. The fraction of sp³-hybridized carbons (Fsp3) is 0.143. The highest BCUT2D eigenvalue weighted by atomic mass is 127. The second-order valence-electron chi connectivity index (χ2n) is 4.32. The van der Waals surface area contributed by atoms with Crippen molar-refractivity contribution in [2.24, 2.45) is 5.73 Å². The number of hydrogen-bond donors (Lipinski definition) is 2. The maximum atomic E-state index is 10.7. The molecule has 0 aliphatic carbocycles. The van der Waals surface area contributed by atoms with Crippen LogP contribution in [0.1, 0.15) is 11.6 Å². The summed E-state index contributed by atoms with van der Waals surface area (Å²) in [4.78, 5) is 10.3. The molecule has 0 amide bonds. The molecule has 2 aromatic rings. The van der Waals surface area contributed by atoms with E-state index in [0.29, 0.717) is 6.54 Å².